The van der Waals surface area contributed by atoms with Crippen LogP contribution in [0, 0.1) is 0 Å². The summed E-state index contributed by atoms with van der Waals surface area (Å²) in [5.41, 5.74) is 6.05. The number of allylic oxidation sites excluding steroid dienone is 1. The molecule has 29 heavy (non-hydrogen) atoms. The van der Waals surface area contributed by atoms with E-state index in [9.17, 15) is 9.90 Å². The first kappa shape index (κ1) is 21.2. The predicted molar refractivity (Wildman–Crippen MR) is 118 cm³/mol. The van der Waals surface area contributed by atoms with Gasteiger partial charge in [-0.1, -0.05) is 51.1 Å². The molecule has 0 aromatic heterocycles. The van der Waals surface area contributed by atoms with Gasteiger partial charge in [0.15, 0.2) is 6.29 Å². The summed E-state index contributed by atoms with van der Waals surface area (Å²) in [5, 5.41) is 9.96. The van der Waals surface area contributed by atoms with Gasteiger partial charge in [0.2, 0.25) is 0 Å². The lowest BCUT2D eigenvalue weighted by atomic mass is 9.74. The Hall–Kier alpha value is -2.55. The van der Waals surface area contributed by atoms with Gasteiger partial charge in [-0.05, 0) is 67.3 Å². The van der Waals surface area contributed by atoms with E-state index in [0.29, 0.717) is 23.8 Å². The van der Waals surface area contributed by atoms with Gasteiger partial charge in [0.05, 0.1) is 5.56 Å². The monoisotopic (exact) mass is 392 g/mol. The van der Waals surface area contributed by atoms with Crippen molar-refractivity contribution in [2.75, 3.05) is 0 Å². The Morgan fingerprint density at radius 2 is 1.90 bits per heavy atom. The lowest BCUT2D eigenvalue weighted by Crippen LogP contribution is -2.22. The van der Waals surface area contributed by atoms with Crippen LogP contribution in [0.4, 0.5) is 0 Å². The van der Waals surface area contributed by atoms with Gasteiger partial charge in [-0.3, -0.25) is 4.79 Å². The molecule has 1 unspecified atom stereocenters. The number of carbonyl (C=O) groups is 1. The van der Waals surface area contributed by atoms with Crippen molar-refractivity contribution in [1.29, 1.82) is 0 Å². The molecule has 3 nitrogen and oxygen atoms in total. The van der Waals surface area contributed by atoms with E-state index in [1.165, 1.54) is 17.2 Å². The molecule has 0 aliphatic heterocycles. The van der Waals surface area contributed by atoms with Gasteiger partial charge in [-0.25, -0.2) is 0 Å². The van der Waals surface area contributed by atoms with Crippen molar-refractivity contribution < 1.29 is 14.6 Å². The number of phenols is 1. The van der Waals surface area contributed by atoms with Gasteiger partial charge < -0.3 is 9.84 Å². The maximum absolute atomic E-state index is 11.6. The number of carbonyl (C=O) groups excluding carboxylic acids is 1. The average molecular weight is 393 g/mol. The van der Waals surface area contributed by atoms with E-state index >= 15 is 0 Å². The number of hydrogen-bond donors (Lipinski definition) is 1. The lowest BCUT2D eigenvalue weighted by molar-refractivity contribution is 0.111. The normalized spacial score (nSPS) is 15.6. The minimum Gasteiger partial charge on any atom is -0.508 e. The van der Waals surface area contributed by atoms with Crippen molar-refractivity contribution in [2.24, 2.45) is 0 Å². The van der Waals surface area contributed by atoms with Gasteiger partial charge >= 0.3 is 0 Å². The number of aryl methyl sites for hydroxylation is 1. The quantitative estimate of drug-likeness (QED) is 0.393. The number of phenolic OH excluding ortho intramolecular Hbond substituents is 1. The van der Waals surface area contributed by atoms with Gasteiger partial charge in [0.1, 0.15) is 18.1 Å². The van der Waals surface area contributed by atoms with Crippen LogP contribution in [0.3, 0.4) is 0 Å². The topological polar surface area (TPSA) is 46.5 Å². The smallest absolute Gasteiger partial charge is 0.153 e. The lowest BCUT2D eigenvalue weighted by Gasteiger charge is -2.30. The zero-order valence-corrected chi connectivity index (χ0v) is 18.0. The van der Waals surface area contributed by atoms with Crippen molar-refractivity contribution in [3.8, 4) is 11.5 Å². The molecule has 1 atom stereocenters. The molecule has 0 spiro atoms. The summed E-state index contributed by atoms with van der Waals surface area (Å²) in [4.78, 5) is 11.6. The first-order chi connectivity index (χ1) is 13.8. The fraction of sp³-hybridized carbons (Fsp3) is 0.423. The fourth-order valence-electron chi connectivity index (χ4n) is 3.89. The van der Waals surface area contributed by atoms with Crippen LogP contribution in [0.15, 0.2) is 42.5 Å². The SMILES string of the molecule is C=C(C)C(C)(CC)c1cc(CC)cc(COc2c(C=O)cc(O)cc2C2CC2)c1. The highest BCUT2D eigenvalue weighted by Gasteiger charge is 2.29. The number of aromatic hydroxyl groups is 1. The number of aldehydes is 1. The summed E-state index contributed by atoms with van der Waals surface area (Å²) in [5.74, 6) is 1.11. The maximum atomic E-state index is 11.6. The first-order valence-corrected chi connectivity index (χ1v) is 10.6. The molecule has 3 heteroatoms. The van der Waals surface area contributed by atoms with Crippen LogP contribution < -0.4 is 4.74 Å². The summed E-state index contributed by atoms with van der Waals surface area (Å²) in [6, 6.07) is 9.88. The van der Waals surface area contributed by atoms with Gasteiger partial charge in [-0.15, -0.1) is 0 Å². The second-order valence-corrected chi connectivity index (χ2v) is 8.49. The molecule has 2 aromatic rings. The Morgan fingerprint density at radius 1 is 1.21 bits per heavy atom. The third-order valence-corrected chi connectivity index (χ3v) is 6.41. The molecule has 0 heterocycles. The highest BCUT2D eigenvalue weighted by molar-refractivity contribution is 5.81. The van der Waals surface area contributed by atoms with Gasteiger partial charge in [0.25, 0.3) is 0 Å². The summed E-state index contributed by atoms with van der Waals surface area (Å²) in [7, 11) is 0. The van der Waals surface area contributed by atoms with Crippen molar-refractivity contribution in [3.63, 3.8) is 0 Å². The van der Waals surface area contributed by atoms with Crippen LogP contribution in [0.2, 0.25) is 0 Å². The van der Waals surface area contributed by atoms with Crippen LogP contribution in [0.1, 0.15) is 85.5 Å². The van der Waals surface area contributed by atoms with E-state index in [1.807, 2.05) is 0 Å². The highest BCUT2D eigenvalue weighted by Crippen LogP contribution is 2.47. The molecule has 1 aliphatic rings. The third kappa shape index (κ3) is 4.39. The van der Waals surface area contributed by atoms with E-state index in [-0.39, 0.29) is 11.2 Å². The molecule has 154 valence electrons. The zero-order valence-electron chi connectivity index (χ0n) is 18.0. The summed E-state index contributed by atoms with van der Waals surface area (Å²) in [6.45, 7) is 13.3. The van der Waals surface area contributed by atoms with E-state index in [0.717, 1.165) is 48.7 Å². The molecule has 1 aliphatic carbocycles. The van der Waals surface area contributed by atoms with E-state index in [1.54, 1.807) is 6.07 Å². The van der Waals surface area contributed by atoms with Crippen molar-refractivity contribution in [2.45, 2.75) is 71.3 Å². The van der Waals surface area contributed by atoms with Gasteiger partial charge in [-0.2, -0.15) is 0 Å². The molecule has 0 radical (unpaired) electrons. The van der Waals surface area contributed by atoms with Crippen molar-refractivity contribution in [3.05, 3.63) is 70.3 Å². The van der Waals surface area contributed by atoms with Crippen LogP contribution in [-0.4, -0.2) is 11.4 Å². The number of hydrogen-bond acceptors (Lipinski definition) is 3. The standard InChI is InChI=1S/C26H32O3/c1-6-18-10-19(12-22(11-18)26(5,7-2)17(3)4)16-29-25-21(15-27)13-23(28)14-24(25)20-8-9-20/h10-15,20,28H,3,6-9,16H2,1-2,4-5H3. The molecule has 1 saturated carbocycles. The van der Waals surface area contributed by atoms with Crippen molar-refractivity contribution in [1.82, 2.24) is 0 Å². The summed E-state index contributed by atoms with van der Waals surface area (Å²) in [6.07, 6.45) is 4.84. The molecule has 3 rings (SSSR count). The summed E-state index contributed by atoms with van der Waals surface area (Å²) >= 11 is 0. The highest BCUT2D eigenvalue weighted by atomic mass is 16.5. The molecule has 0 bridgehead atoms. The zero-order chi connectivity index (χ0) is 21.2. The number of rotatable bonds is 9. The average Bonchev–Trinajstić information content (AvgIpc) is 3.56. The molecule has 2 aromatic carbocycles. The molecular formula is C26H32O3. The second kappa shape index (κ2) is 8.44. The third-order valence-electron chi connectivity index (χ3n) is 6.41. The first-order valence-electron chi connectivity index (χ1n) is 10.6. The molecule has 1 fully saturated rings. The van der Waals surface area contributed by atoms with Crippen LogP contribution in [0.25, 0.3) is 0 Å². The van der Waals surface area contributed by atoms with E-state index in [2.05, 4.69) is 52.5 Å². The summed E-state index contributed by atoms with van der Waals surface area (Å²) < 4.78 is 6.20. The molecule has 1 N–H and O–H groups in total. The molecular weight excluding hydrogens is 360 g/mol. The van der Waals surface area contributed by atoms with Crippen molar-refractivity contribution >= 4 is 6.29 Å². The van der Waals surface area contributed by atoms with E-state index in [4.69, 9.17) is 4.74 Å². The predicted octanol–water partition coefficient (Wildman–Crippen LogP) is 6.47. The Morgan fingerprint density at radius 3 is 2.45 bits per heavy atom. The van der Waals surface area contributed by atoms with Crippen LogP contribution >= 0.6 is 0 Å². The fourth-order valence-corrected chi connectivity index (χ4v) is 3.89. The number of ether oxygens (including phenoxy) is 1. The second-order valence-electron chi connectivity index (χ2n) is 8.49. The molecule has 0 saturated heterocycles. The minimum absolute atomic E-state index is 0.0778. The van der Waals surface area contributed by atoms with Gasteiger partial charge in [0, 0.05) is 11.0 Å². The number of benzene rings is 2. The van der Waals surface area contributed by atoms with Crippen LogP contribution in [-0.2, 0) is 18.4 Å². The molecule has 0 amide bonds. The Bertz CT molecular complexity index is 924. The minimum atomic E-state index is -0.0778. The Labute approximate surface area is 174 Å². The maximum Gasteiger partial charge on any atom is 0.153 e. The Balaban J connectivity index is 1.95. The van der Waals surface area contributed by atoms with Crippen LogP contribution in [0.5, 0.6) is 11.5 Å². The largest absolute Gasteiger partial charge is 0.508 e. The Kier molecular flexibility index (Phi) is 6.16. The van der Waals surface area contributed by atoms with E-state index < -0.39 is 0 Å².